The first-order valence-corrected chi connectivity index (χ1v) is 8.32. The van der Waals surface area contributed by atoms with Crippen LogP contribution in [0.25, 0.3) is 0 Å². The summed E-state index contributed by atoms with van der Waals surface area (Å²) in [5.41, 5.74) is 4.40. The highest BCUT2D eigenvalue weighted by Gasteiger charge is 2.11. The number of hydrogen-bond donors (Lipinski definition) is 2. The van der Waals surface area contributed by atoms with E-state index in [0.29, 0.717) is 35.6 Å². The van der Waals surface area contributed by atoms with Gasteiger partial charge in [0, 0.05) is 11.8 Å². The maximum absolute atomic E-state index is 5.54. The molecule has 2 aromatic rings. The van der Waals surface area contributed by atoms with E-state index in [1.165, 1.54) is 0 Å². The Hall–Kier alpha value is -3.00. The Labute approximate surface area is 156 Å². The lowest BCUT2D eigenvalue weighted by Crippen LogP contribution is -2.23. The standard InChI is InChI=1S/C18H19N3O4S/c1-22-14-6-4-13(10-16(14)23-2)20-18(26)21-19-11-12-3-5-15-17(9-12)25-8-7-24-15/h3-6,9-11H,7-8H2,1-2H3,(H2,20,21,26). The van der Waals surface area contributed by atoms with Crippen LogP contribution in [0.4, 0.5) is 5.69 Å². The van der Waals surface area contributed by atoms with Crippen LogP contribution in [0.2, 0.25) is 0 Å². The fourth-order valence-corrected chi connectivity index (χ4v) is 2.55. The fraction of sp³-hybridized carbons (Fsp3) is 0.222. The minimum absolute atomic E-state index is 0.353. The van der Waals surface area contributed by atoms with E-state index in [9.17, 15) is 0 Å². The van der Waals surface area contributed by atoms with E-state index in [4.69, 9.17) is 31.2 Å². The van der Waals surface area contributed by atoms with E-state index in [0.717, 1.165) is 17.0 Å². The maximum Gasteiger partial charge on any atom is 0.191 e. The van der Waals surface area contributed by atoms with Gasteiger partial charge < -0.3 is 24.3 Å². The minimum Gasteiger partial charge on any atom is -0.493 e. The van der Waals surface area contributed by atoms with Crippen LogP contribution in [-0.4, -0.2) is 38.8 Å². The van der Waals surface area contributed by atoms with Crippen molar-refractivity contribution in [2.75, 3.05) is 32.8 Å². The molecule has 0 unspecified atom stereocenters. The van der Waals surface area contributed by atoms with Crippen molar-refractivity contribution in [3.05, 3.63) is 42.0 Å². The third kappa shape index (κ3) is 4.34. The molecular formula is C18H19N3O4S. The Morgan fingerprint density at radius 3 is 2.58 bits per heavy atom. The van der Waals surface area contributed by atoms with Crippen molar-refractivity contribution in [3.8, 4) is 23.0 Å². The Morgan fingerprint density at radius 1 is 1.04 bits per heavy atom. The molecule has 0 bridgehead atoms. The molecule has 2 aromatic carbocycles. The molecule has 7 nitrogen and oxygen atoms in total. The van der Waals surface area contributed by atoms with Crippen LogP contribution < -0.4 is 29.7 Å². The molecule has 3 rings (SSSR count). The van der Waals surface area contributed by atoms with E-state index < -0.39 is 0 Å². The van der Waals surface area contributed by atoms with Gasteiger partial charge in [-0.3, -0.25) is 5.43 Å². The Kier molecular flexibility index (Phi) is 5.75. The molecule has 0 atom stereocenters. The van der Waals surface area contributed by atoms with Crippen molar-refractivity contribution >= 4 is 29.2 Å². The van der Waals surface area contributed by atoms with Gasteiger partial charge in [-0.15, -0.1) is 0 Å². The molecule has 26 heavy (non-hydrogen) atoms. The minimum atomic E-state index is 0.353. The van der Waals surface area contributed by atoms with E-state index >= 15 is 0 Å². The van der Waals surface area contributed by atoms with E-state index in [1.54, 1.807) is 32.6 Å². The first kappa shape index (κ1) is 17.8. The number of hydrazone groups is 1. The molecule has 0 radical (unpaired) electrons. The number of benzene rings is 2. The quantitative estimate of drug-likeness (QED) is 0.474. The summed E-state index contributed by atoms with van der Waals surface area (Å²) in [6, 6.07) is 11.0. The molecule has 0 amide bonds. The van der Waals surface area contributed by atoms with Crippen molar-refractivity contribution in [2.24, 2.45) is 5.10 Å². The first-order valence-electron chi connectivity index (χ1n) is 7.91. The average molecular weight is 373 g/mol. The van der Waals surface area contributed by atoms with E-state index in [-0.39, 0.29) is 0 Å². The zero-order valence-corrected chi connectivity index (χ0v) is 15.3. The van der Waals surface area contributed by atoms with Gasteiger partial charge in [-0.25, -0.2) is 0 Å². The largest absolute Gasteiger partial charge is 0.493 e. The summed E-state index contributed by atoms with van der Waals surface area (Å²) in [5, 5.41) is 7.52. The first-order chi connectivity index (χ1) is 12.7. The molecule has 0 aromatic heterocycles. The number of nitrogens with zero attached hydrogens (tertiary/aromatic N) is 1. The molecule has 8 heteroatoms. The summed E-state index contributed by atoms with van der Waals surface area (Å²) < 4.78 is 21.5. The highest BCUT2D eigenvalue weighted by atomic mass is 32.1. The van der Waals surface area contributed by atoms with Crippen molar-refractivity contribution in [1.29, 1.82) is 0 Å². The SMILES string of the molecule is COc1ccc(NC(=S)NN=Cc2ccc3c(c2)OCCO3)cc1OC. The normalized spacial score (nSPS) is 12.5. The third-order valence-corrected chi connectivity index (χ3v) is 3.78. The molecular weight excluding hydrogens is 354 g/mol. The number of hydrogen-bond acceptors (Lipinski definition) is 6. The van der Waals surface area contributed by atoms with Crippen molar-refractivity contribution in [1.82, 2.24) is 5.43 Å². The molecule has 1 aliphatic rings. The number of ether oxygens (including phenoxy) is 4. The van der Waals surface area contributed by atoms with Crippen LogP contribution in [0.3, 0.4) is 0 Å². The van der Waals surface area contributed by atoms with E-state index in [2.05, 4.69) is 15.8 Å². The molecule has 0 aliphatic carbocycles. The van der Waals surface area contributed by atoms with Crippen molar-refractivity contribution < 1.29 is 18.9 Å². The van der Waals surface area contributed by atoms with Gasteiger partial charge in [-0.1, -0.05) is 0 Å². The second-order valence-electron chi connectivity index (χ2n) is 5.30. The topological polar surface area (TPSA) is 73.3 Å². The van der Waals surface area contributed by atoms with Gasteiger partial charge in [0.25, 0.3) is 0 Å². The van der Waals surface area contributed by atoms with Gasteiger partial charge in [-0.05, 0) is 48.1 Å². The number of rotatable bonds is 5. The lowest BCUT2D eigenvalue weighted by Gasteiger charge is -2.18. The van der Waals surface area contributed by atoms with Crippen LogP contribution in [0, 0.1) is 0 Å². The highest BCUT2D eigenvalue weighted by Crippen LogP contribution is 2.30. The number of anilines is 1. The van der Waals surface area contributed by atoms with Crippen LogP contribution >= 0.6 is 12.2 Å². The highest BCUT2D eigenvalue weighted by molar-refractivity contribution is 7.80. The van der Waals surface area contributed by atoms with Gasteiger partial charge in [0.05, 0.1) is 20.4 Å². The smallest absolute Gasteiger partial charge is 0.191 e. The van der Waals surface area contributed by atoms with Gasteiger partial charge in [0.2, 0.25) is 0 Å². The number of fused-ring (bicyclic) bond motifs is 1. The Bertz CT molecular complexity index is 826. The number of thiocarbonyl (C=S) groups is 1. The molecule has 0 saturated heterocycles. The van der Waals surface area contributed by atoms with Crippen molar-refractivity contribution in [3.63, 3.8) is 0 Å². The van der Waals surface area contributed by atoms with Gasteiger partial charge >= 0.3 is 0 Å². The van der Waals surface area contributed by atoms with Gasteiger partial charge in [0.15, 0.2) is 28.1 Å². The van der Waals surface area contributed by atoms with E-state index in [1.807, 2.05) is 24.3 Å². The molecule has 1 aliphatic heterocycles. The summed E-state index contributed by atoms with van der Waals surface area (Å²) in [6.07, 6.45) is 1.65. The summed E-state index contributed by atoms with van der Waals surface area (Å²) in [7, 11) is 3.17. The third-order valence-electron chi connectivity index (χ3n) is 3.59. The summed E-state index contributed by atoms with van der Waals surface area (Å²) in [4.78, 5) is 0. The van der Waals surface area contributed by atoms with Gasteiger partial charge in [-0.2, -0.15) is 5.10 Å². The predicted molar refractivity (Wildman–Crippen MR) is 104 cm³/mol. The lowest BCUT2D eigenvalue weighted by atomic mass is 10.2. The molecule has 0 fully saturated rings. The van der Waals surface area contributed by atoms with Crippen LogP contribution in [0.1, 0.15) is 5.56 Å². The molecule has 136 valence electrons. The summed E-state index contributed by atoms with van der Waals surface area (Å²) in [6.45, 7) is 1.11. The predicted octanol–water partition coefficient (Wildman–Crippen LogP) is 2.80. The lowest BCUT2D eigenvalue weighted by molar-refractivity contribution is 0.171. The summed E-state index contributed by atoms with van der Waals surface area (Å²) >= 11 is 5.24. The summed E-state index contributed by atoms with van der Waals surface area (Å²) in [5.74, 6) is 2.71. The molecule has 0 spiro atoms. The van der Waals surface area contributed by atoms with Crippen LogP contribution in [0.5, 0.6) is 23.0 Å². The monoisotopic (exact) mass is 373 g/mol. The molecule has 2 N–H and O–H groups in total. The second kappa shape index (κ2) is 8.39. The average Bonchev–Trinajstić information content (AvgIpc) is 2.67. The second-order valence-corrected chi connectivity index (χ2v) is 5.71. The zero-order valence-electron chi connectivity index (χ0n) is 14.4. The number of methoxy groups -OCH3 is 2. The van der Waals surface area contributed by atoms with Gasteiger partial charge in [0.1, 0.15) is 13.2 Å². The molecule has 0 saturated carbocycles. The Morgan fingerprint density at radius 2 is 1.81 bits per heavy atom. The fourth-order valence-electron chi connectivity index (χ4n) is 2.38. The Balaban J connectivity index is 1.58. The maximum atomic E-state index is 5.54. The van der Waals surface area contributed by atoms with Crippen LogP contribution in [-0.2, 0) is 0 Å². The number of nitrogens with one attached hydrogen (secondary N) is 2. The molecule has 1 heterocycles. The van der Waals surface area contributed by atoms with Crippen LogP contribution in [0.15, 0.2) is 41.5 Å². The van der Waals surface area contributed by atoms with Crippen molar-refractivity contribution in [2.45, 2.75) is 0 Å². The zero-order chi connectivity index (χ0) is 18.4.